The maximum absolute atomic E-state index is 11.0. The van der Waals surface area contributed by atoms with Gasteiger partial charge in [-0.2, -0.15) is 0 Å². The fourth-order valence-electron chi connectivity index (χ4n) is 0.762. The quantitative estimate of drug-likeness (QED) is 0.550. The van der Waals surface area contributed by atoms with Crippen LogP contribution in [0.25, 0.3) is 0 Å². The molecule has 12 heavy (non-hydrogen) atoms. The molecule has 1 fully saturated rings. The van der Waals surface area contributed by atoms with Gasteiger partial charge in [0.2, 0.25) is 0 Å². The number of methoxy groups -OCH3 is 1. The van der Waals surface area contributed by atoms with Crippen molar-refractivity contribution in [3.05, 3.63) is 0 Å². The van der Waals surface area contributed by atoms with Crippen LogP contribution in [0, 0.1) is 5.92 Å². The van der Waals surface area contributed by atoms with Crippen molar-refractivity contribution in [1.82, 2.24) is 5.32 Å². The topological polar surface area (TPSA) is 64.6 Å². The minimum atomic E-state index is -0.532. The van der Waals surface area contributed by atoms with E-state index in [1.165, 1.54) is 7.11 Å². The summed E-state index contributed by atoms with van der Waals surface area (Å²) in [6.07, 6.45) is 0. The molecule has 0 radical (unpaired) electrons. The van der Waals surface area contributed by atoms with Gasteiger partial charge in [-0.1, -0.05) is 0 Å². The third kappa shape index (κ3) is 2.20. The molecule has 1 rings (SSSR count). The molecule has 0 aromatic carbocycles. The Balaban J connectivity index is 2.13. The van der Waals surface area contributed by atoms with E-state index in [-0.39, 0.29) is 18.5 Å². The molecule has 0 amide bonds. The lowest BCUT2D eigenvalue weighted by Crippen LogP contribution is -2.47. The molecule has 1 aliphatic rings. The van der Waals surface area contributed by atoms with E-state index in [1.807, 2.05) is 0 Å². The van der Waals surface area contributed by atoms with E-state index in [2.05, 4.69) is 14.8 Å². The lowest BCUT2D eigenvalue weighted by atomic mass is 10.0. The highest BCUT2D eigenvalue weighted by atomic mass is 16.6. The molecule has 5 heteroatoms. The van der Waals surface area contributed by atoms with Gasteiger partial charge in [0.15, 0.2) is 6.61 Å². The maximum Gasteiger partial charge on any atom is 0.344 e. The van der Waals surface area contributed by atoms with Crippen LogP contribution >= 0.6 is 0 Å². The summed E-state index contributed by atoms with van der Waals surface area (Å²) in [5.74, 6) is -0.954. The number of hydrogen-bond acceptors (Lipinski definition) is 5. The summed E-state index contributed by atoms with van der Waals surface area (Å²) in [6.45, 7) is 0.992. The molecule has 0 aromatic heterocycles. The van der Waals surface area contributed by atoms with E-state index < -0.39 is 5.97 Å². The van der Waals surface area contributed by atoms with E-state index in [4.69, 9.17) is 0 Å². The van der Waals surface area contributed by atoms with Crippen molar-refractivity contribution in [3.63, 3.8) is 0 Å². The third-order valence-corrected chi connectivity index (χ3v) is 1.67. The number of rotatable bonds is 3. The summed E-state index contributed by atoms with van der Waals surface area (Å²) in [7, 11) is 1.25. The number of esters is 2. The molecule has 0 aliphatic carbocycles. The SMILES string of the molecule is COC(=O)COC(=O)C1CNC1. The molecule has 68 valence electrons. The third-order valence-electron chi connectivity index (χ3n) is 1.67. The largest absolute Gasteiger partial charge is 0.466 e. The van der Waals surface area contributed by atoms with E-state index in [0.29, 0.717) is 13.1 Å². The fourth-order valence-corrected chi connectivity index (χ4v) is 0.762. The monoisotopic (exact) mass is 173 g/mol. The average Bonchev–Trinajstić information content (AvgIpc) is 1.97. The number of ether oxygens (including phenoxy) is 2. The Morgan fingerprint density at radius 1 is 1.50 bits per heavy atom. The lowest BCUT2D eigenvalue weighted by molar-refractivity contribution is -0.160. The van der Waals surface area contributed by atoms with Gasteiger partial charge in [0.25, 0.3) is 0 Å². The molecule has 1 N–H and O–H groups in total. The van der Waals surface area contributed by atoms with Crippen molar-refractivity contribution >= 4 is 11.9 Å². The summed E-state index contributed by atoms with van der Waals surface area (Å²) in [5, 5.41) is 2.93. The second-order valence-corrected chi connectivity index (χ2v) is 2.54. The van der Waals surface area contributed by atoms with Crippen molar-refractivity contribution < 1.29 is 19.1 Å². The van der Waals surface area contributed by atoms with Gasteiger partial charge in [-0.25, -0.2) is 4.79 Å². The highest BCUT2D eigenvalue weighted by Gasteiger charge is 2.26. The highest BCUT2D eigenvalue weighted by molar-refractivity contribution is 5.78. The van der Waals surface area contributed by atoms with Gasteiger partial charge in [-0.05, 0) is 0 Å². The minimum absolute atomic E-state index is 0.0883. The van der Waals surface area contributed by atoms with Gasteiger partial charge in [0.05, 0.1) is 13.0 Å². The number of hydrogen-bond donors (Lipinski definition) is 1. The van der Waals surface area contributed by atoms with Crippen molar-refractivity contribution in [2.75, 3.05) is 26.8 Å². The smallest absolute Gasteiger partial charge is 0.344 e. The average molecular weight is 173 g/mol. The van der Waals surface area contributed by atoms with Crippen molar-refractivity contribution in [1.29, 1.82) is 0 Å². The highest BCUT2D eigenvalue weighted by Crippen LogP contribution is 2.04. The zero-order chi connectivity index (χ0) is 8.97. The summed E-state index contributed by atoms with van der Waals surface area (Å²) in [6, 6.07) is 0. The lowest BCUT2D eigenvalue weighted by Gasteiger charge is -2.24. The first kappa shape index (κ1) is 8.99. The van der Waals surface area contributed by atoms with E-state index in [1.54, 1.807) is 0 Å². The van der Waals surface area contributed by atoms with Crippen LogP contribution in [-0.2, 0) is 19.1 Å². The van der Waals surface area contributed by atoms with Gasteiger partial charge in [-0.3, -0.25) is 4.79 Å². The Labute approximate surface area is 70.0 Å². The molecule has 0 aromatic rings. The minimum Gasteiger partial charge on any atom is -0.466 e. The summed E-state index contributed by atoms with van der Waals surface area (Å²) in [5.41, 5.74) is 0. The summed E-state index contributed by atoms with van der Waals surface area (Å²) < 4.78 is 8.95. The molecular formula is C7H11NO4. The van der Waals surface area contributed by atoms with Crippen LogP contribution in [0.4, 0.5) is 0 Å². The molecule has 1 saturated heterocycles. The van der Waals surface area contributed by atoms with E-state index >= 15 is 0 Å². The maximum atomic E-state index is 11.0. The molecule has 5 nitrogen and oxygen atoms in total. The first-order valence-electron chi connectivity index (χ1n) is 3.68. The molecule has 0 atom stereocenters. The molecule has 0 unspecified atom stereocenters. The fraction of sp³-hybridized carbons (Fsp3) is 0.714. The van der Waals surface area contributed by atoms with Crippen LogP contribution in [0.15, 0.2) is 0 Å². The van der Waals surface area contributed by atoms with E-state index in [0.717, 1.165) is 0 Å². The van der Waals surface area contributed by atoms with Crippen molar-refractivity contribution in [2.45, 2.75) is 0 Å². The Hall–Kier alpha value is -1.10. The van der Waals surface area contributed by atoms with Gasteiger partial charge >= 0.3 is 11.9 Å². The van der Waals surface area contributed by atoms with Gasteiger partial charge in [0.1, 0.15) is 0 Å². The standard InChI is InChI=1S/C7H11NO4/c1-11-6(9)4-12-7(10)5-2-8-3-5/h5,8H,2-4H2,1H3. The zero-order valence-electron chi connectivity index (χ0n) is 6.83. The number of carbonyl (C=O) groups excluding carboxylic acids is 2. The molecule has 1 aliphatic heterocycles. The Morgan fingerprint density at radius 3 is 2.58 bits per heavy atom. The Kier molecular flexibility index (Phi) is 3.04. The van der Waals surface area contributed by atoms with Crippen LogP contribution in [0.2, 0.25) is 0 Å². The molecule has 0 spiro atoms. The van der Waals surface area contributed by atoms with Gasteiger partial charge < -0.3 is 14.8 Å². The summed E-state index contributed by atoms with van der Waals surface area (Å²) >= 11 is 0. The molecular weight excluding hydrogens is 162 g/mol. The normalized spacial score (nSPS) is 16.4. The first-order chi connectivity index (χ1) is 5.74. The second-order valence-electron chi connectivity index (χ2n) is 2.54. The molecule has 0 bridgehead atoms. The predicted octanol–water partition coefficient (Wildman–Crippen LogP) is -1.08. The van der Waals surface area contributed by atoms with Crippen LogP contribution in [0.5, 0.6) is 0 Å². The number of carbonyl (C=O) groups is 2. The Morgan fingerprint density at radius 2 is 2.17 bits per heavy atom. The predicted molar refractivity (Wildman–Crippen MR) is 39.3 cm³/mol. The van der Waals surface area contributed by atoms with Gasteiger partial charge in [-0.15, -0.1) is 0 Å². The first-order valence-corrected chi connectivity index (χ1v) is 3.68. The van der Waals surface area contributed by atoms with Crippen LogP contribution in [0.3, 0.4) is 0 Å². The summed E-state index contributed by atoms with van der Waals surface area (Å²) in [4.78, 5) is 21.5. The van der Waals surface area contributed by atoms with E-state index in [9.17, 15) is 9.59 Å². The number of nitrogens with one attached hydrogen (secondary N) is 1. The second kappa shape index (κ2) is 4.06. The van der Waals surface area contributed by atoms with Crippen LogP contribution in [-0.4, -0.2) is 38.7 Å². The van der Waals surface area contributed by atoms with Gasteiger partial charge in [0, 0.05) is 13.1 Å². The van der Waals surface area contributed by atoms with Crippen LogP contribution in [0.1, 0.15) is 0 Å². The van der Waals surface area contributed by atoms with Crippen LogP contribution < -0.4 is 5.32 Å². The zero-order valence-corrected chi connectivity index (χ0v) is 6.83. The molecule has 0 saturated carbocycles. The molecule has 1 heterocycles. The van der Waals surface area contributed by atoms with Crippen molar-refractivity contribution in [2.24, 2.45) is 5.92 Å². The van der Waals surface area contributed by atoms with Crippen molar-refractivity contribution in [3.8, 4) is 0 Å². The Bertz CT molecular complexity index is 188.